The number of ether oxygens (including phenoxy) is 1. The van der Waals surface area contributed by atoms with Crippen molar-refractivity contribution < 1.29 is 33.5 Å². The van der Waals surface area contributed by atoms with Crippen LogP contribution in [0.2, 0.25) is 0 Å². The number of unbranched alkanes of at least 4 members (excludes halogenated alkanes) is 2. The van der Waals surface area contributed by atoms with Gasteiger partial charge in [0.2, 0.25) is 17.7 Å². The fraction of sp³-hybridized carbons (Fsp3) is 0.520. The lowest BCUT2D eigenvalue weighted by molar-refractivity contribution is -0.136. The van der Waals surface area contributed by atoms with Gasteiger partial charge in [-0.2, -0.15) is 0 Å². The van der Waals surface area contributed by atoms with Gasteiger partial charge in [0, 0.05) is 25.4 Å². The third-order valence-corrected chi connectivity index (χ3v) is 6.21. The Balaban J connectivity index is 1.46. The molecule has 2 heterocycles. The molecule has 0 bridgehead atoms. The summed E-state index contributed by atoms with van der Waals surface area (Å²) in [7, 11) is 0. The van der Waals surface area contributed by atoms with Crippen LogP contribution >= 0.6 is 0 Å². The summed E-state index contributed by atoms with van der Waals surface area (Å²) < 4.78 is 5.55. The minimum atomic E-state index is -1.08. The molecule has 0 saturated carbocycles. The van der Waals surface area contributed by atoms with Crippen molar-refractivity contribution in [2.24, 2.45) is 0 Å². The number of fused-ring (bicyclic) bond motifs is 1. The smallest absolute Gasteiger partial charge is 0.266 e. The van der Waals surface area contributed by atoms with Crippen LogP contribution in [0.3, 0.4) is 0 Å². The fourth-order valence-corrected chi connectivity index (χ4v) is 4.06. The Kier molecular flexibility index (Phi) is 9.15. The topological polar surface area (TPSA) is 151 Å². The van der Waals surface area contributed by atoms with E-state index in [0.29, 0.717) is 19.4 Å². The van der Waals surface area contributed by atoms with Crippen molar-refractivity contribution in [3.63, 3.8) is 0 Å². The number of piperidine rings is 1. The van der Waals surface area contributed by atoms with Crippen LogP contribution in [0, 0.1) is 0 Å². The number of carbonyl (C=O) groups excluding carboxylic acids is 6. The van der Waals surface area contributed by atoms with Crippen LogP contribution in [-0.4, -0.2) is 65.6 Å². The summed E-state index contributed by atoms with van der Waals surface area (Å²) in [5.41, 5.74) is 0.0793. The number of hydrogen-bond acceptors (Lipinski definition) is 7. The average molecular weight is 501 g/mol. The predicted molar refractivity (Wildman–Crippen MR) is 128 cm³/mol. The van der Waals surface area contributed by atoms with E-state index in [4.69, 9.17) is 4.74 Å². The van der Waals surface area contributed by atoms with E-state index in [1.54, 1.807) is 0 Å². The highest BCUT2D eigenvalue weighted by atomic mass is 16.5. The Bertz CT molecular complexity index is 1050. The van der Waals surface area contributed by atoms with Crippen molar-refractivity contribution in [1.82, 2.24) is 20.9 Å². The Morgan fingerprint density at radius 1 is 1.11 bits per heavy atom. The zero-order chi connectivity index (χ0) is 26.2. The van der Waals surface area contributed by atoms with Crippen LogP contribution in [0.4, 0.5) is 0 Å². The summed E-state index contributed by atoms with van der Waals surface area (Å²) in [5, 5.41) is 7.79. The predicted octanol–water partition coefficient (Wildman–Crippen LogP) is 1.06. The van der Waals surface area contributed by atoms with Gasteiger partial charge in [-0.15, -0.1) is 0 Å². The van der Waals surface area contributed by atoms with Gasteiger partial charge in [0.15, 0.2) is 6.61 Å². The van der Waals surface area contributed by atoms with Crippen molar-refractivity contribution in [2.75, 3.05) is 13.2 Å². The monoisotopic (exact) mass is 500 g/mol. The summed E-state index contributed by atoms with van der Waals surface area (Å²) >= 11 is 0. The number of amides is 6. The van der Waals surface area contributed by atoms with Gasteiger partial charge in [-0.1, -0.05) is 19.4 Å². The molecule has 1 aromatic carbocycles. The van der Waals surface area contributed by atoms with E-state index in [2.05, 4.69) is 16.0 Å². The lowest BCUT2D eigenvalue weighted by Crippen LogP contribution is -2.54. The van der Waals surface area contributed by atoms with Gasteiger partial charge >= 0.3 is 0 Å². The first-order valence-electron chi connectivity index (χ1n) is 12.3. The number of rotatable bonds is 12. The number of carbonyl (C=O) groups is 6. The molecule has 3 N–H and O–H groups in total. The number of benzene rings is 1. The molecule has 11 nitrogen and oxygen atoms in total. The lowest BCUT2D eigenvalue weighted by Gasteiger charge is -2.27. The SMILES string of the molecule is CCC(C)NC(=O)CCCCCNC(=O)COc1cccc2c1C(=O)N(C1CCC(=O)NC1=O)C2=O. The second-order valence-electron chi connectivity index (χ2n) is 8.95. The van der Waals surface area contributed by atoms with Crippen molar-refractivity contribution in [3.8, 4) is 5.75 Å². The zero-order valence-electron chi connectivity index (χ0n) is 20.6. The molecule has 0 aromatic heterocycles. The van der Waals surface area contributed by atoms with Gasteiger partial charge in [-0.3, -0.25) is 39.0 Å². The first kappa shape index (κ1) is 26.8. The first-order valence-corrected chi connectivity index (χ1v) is 12.3. The molecule has 36 heavy (non-hydrogen) atoms. The van der Waals surface area contributed by atoms with E-state index in [1.165, 1.54) is 18.2 Å². The molecule has 2 aliphatic rings. The Labute approximate surface area is 209 Å². The second-order valence-corrected chi connectivity index (χ2v) is 8.95. The second kappa shape index (κ2) is 12.3. The quantitative estimate of drug-likeness (QED) is 0.287. The van der Waals surface area contributed by atoms with Crippen LogP contribution in [-0.2, 0) is 19.2 Å². The molecule has 0 spiro atoms. The lowest BCUT2D eigenvalue weighted by atomic mass is 10.0. The first-order chi connectivity index (χ1) is 17.2. The molecule has 1 saturated heterocycles. The van der Waals surface area contributed by atoms with Gasteiger partial charge in [0.05, 0.1) is 11.1 Å². The van der Waals surface area contributed by atoms with Gasteiger partial charge in [0.1, 0.15) is 11.8 Å². The number of imide groups is 2. The zero-order valence-corrected chi connectivity index (χ0v) is 20.6. The van der Waals surface area contributed by atoms with E-state index < -0.39 is 29.7 Å². The minimum Gasteiger partial charge on any atom is -0.483 e. The Morgan fingerprint density at radius 2 is 1.89 bits per heavy atom. The Morgan fingerprint density at radius 3 is 2.61 bits per heavy atom. The molecule has 6 amide bonds. The summed E-state index contributed by atoms with van der Waals surface area (Å²) in [4.78, 5) is 74.3. The summed E-state index contributed by atoms with van der Waals surface area (Å²) in [6, 6.07) is 3.56. The summed E-state index contributed by atoms with van der Waals surface area (Å²) in [6.07, 6.45) is 3.63. The fourth-order valence-electron chi connectivity index (χ4n) is 4.06. The molecule has 3 rings (SSSR count). The van der Waals surface area contributed by atoms with Crippen molar-refractivity contribution >= 4 is 35.4 Å². The summed E-state index contributed by atoms with van der Waals surface area (Å²) in [6.45, 7) is 4.04. The van der Waals surface area contributed by atoms with E-state index in [0.717, 1.165) is 24.2 Å². The van der Waals surface area contributed by atoms with Crippen LogP contribution in [0.5, 0.6) is 5.75 Å². The van der Waals surface area contributed by atoms with Gasteiger partial charge in [-0.05, 0) is 44.7 Å². The molecular formula is C25H32N4O7. The van der Waals surface area contributed by atoms with E-state index in [9.17, 15) is 28.8 Å². The third kappa shape index (κ3) is 6.46. The van der Waals surface area contributed by atoms with Crippen LogP contribution in [0.25, 0.3) is 0 Å². The average Bonchev–Trinajstić information content (AvgIpc) is 3.10. The van der Waals surface area contributed by atoms with Gasteiger partial charge in [0.25, 0.3) is 17.7 Å². The number of hydrogen-bond donors (Lipinski definition) is 3. The van der Waals surface area contributed by atoms with Crippen molar-refractivity contribution in [3.05, 3.63) is 29.3 Å². The molecule has 2 aliphatic heterocycles. The number of nitrogens with one attached hydrogen (secondary N) is 3. The van der Waals surface area contributed by atoms with Crippen LogP contribution < -0.4 is 20.7 Å². The molecule has 2 unspecified atom stereocenters. The highest BCUT2D eigenvalue weighted by Gasteiger charge is 2.46. The Hall–Kier alpha value is -3.76. The standard InChI is InChI=1S/C25H32N4O7/c1-3-15(2)27-19(30)10-5-4-6-13-26-21(32)14-36-18-9-7-8-16-22(18)25(35)29(24(16)34)17-11-12-20(31)28-23(17)33/h7-9,15,17H,3-6,10-14H2,1-2H3,(H,26,32)(H,27,30)(H,28,31,33). The highest BCUT2D eigenvalue weighted by Crippen LogP contribution is 2.33. The molecule has 0 radical (unpaired) electrons. The maximum Gasteiger partial charge on any atom is 0.266 e. The molecule has 1 aromatic rings. The molecule has 2 atom stereocenters. The summed E-state index contributed by atoms with van der Waals surface area (Å²) in [5.74, 6) is -2.77. The van der Waals surface area contributed by atoms with Crippen molar-refractivity contribution in [2.45, 2.75) is 70.9 Å². The minimum absolute atomic E-state index is 0.00401. The highest BCUT2D eigenvalue weighted by molar-refractivity contribution is 6.24. The van der Waals surface area contributed by atoms with E-state index >= 15 is 0 Å². The van der Waals surface area contributed by atoms with Crippen LogP contribution in [0.15, 0.2) is 18.2 Å². The molecule has 194 valence electrons. The van der Waals surface area contributed by atoms with Crippen molar-refractivity contribution in [1.29, 1.82) is 0 Å². The van der Waals surface area contributed by atoms with Crippen LogP contribution in [0.1, 0.15) is 79.5 Å². The number of nitrogens with zero attached hydrogens (tertiary/aromatic N) is 1. The normalized spacial score (nSPS) is 17.9. The van der Waals surface area contributed by atoms with Gasteiger partial charge in [-0.25, -0.2) is 0 Å². The largest absolute Gasteiger partial charge is 0.483 e. The molecule has 1 fully saturated rings. The molecule has 11 heteroatoms. The molecular weight excluding hydrogens is 468 g/mol. The van der Waals surface area contributed by atoms with Gasteiger partial charge < -0.3 is 15.4 Å². The van der Waals surface area contributed by atoms with E-state index in [-0.39, 0.29) is 54.2 Å². The molecule has 0 aliphatic carbocycles. The maximum atomic E-state index is 13.0. The van der Waals surface area contributed by atoms with E-state index in [1.807, 2.05) is 13.8 Å². The third-order valence-electron chi connectivity index (χ3n) is 6.21. The maximum absolute atomic E-state index is 13.0.